The smallest absolute Gasteiger partial charge is 0.326 e. The number of rotatable bonds is 14. The predicted octanol–water partition coefficient (Wildman–Crippen LogP) is -0.795. The molecule has 0 saturated carbocycles. The second kappa shape index (κ2) is 14.1. The van der Waals surface area contributed by atoms with E-state index in [2.05, 4.69) is 10.6 Å². The number of benzene rings is 1. The number of nitrogens with zero attached hydrogens (tertiary/aromatic N) is 1. The summed E-state index contributed by atoms with van der Waals surface area (Å²) in [6.45, 7) is 0.607. The van der Waals surface area contributed by atoms with Crippen LogP contribution in [0.15, 0.2) is 30.3 Å². The Kier molecular flexibility index (Phi) is 11.3. The quantitative estimate of drug-likeness (QED) is 0.175. The molecule has 2 rings (SSSR count). The number of carbonyl (C=O) groups excluding carboxylic acids is 3. The molecule has 1 heterocycles. The van der Waals surface area contributed by atoms with Crippen LogP contribution in [0.5, 0.6) is 0 Å². The molecule has 1 fully saturated rings. The molecule has 12 heteroatoms. The van der Waals surface area contributed by atoms with E-state index in [9.17, 15) is 34.2 Å². The molecule has 1 aromatic rings. The van der Waals surface area contributed by atoms with E-state index in [1.807, 2.05) is 0 Å². The summed E-state index contributed by atoms with van der Waals surface area (Å²) in [5.41, 5.74) is 12.2. The molecule has 198 valence electrons. The maximum Gasteiger partial charge on any atom is 0.326 e. The van der Waals surface area contributed by atoms with Gasteiger partial charge in [0.15, 0.2) is 0 Å². The summed E-state index contributed by atoms with van der Waals surface area (Å²) < 4.78 is 0. The molecular weight excluding hydrogens is 470 g/mol. The Morgan fingerprint density at radius 2 is 1.67 bits per heavy atom. The summed E-state index contributed by atoms with van der Waals surface area (Å²) >= 11 is 0. The molecule has 1 aliphatic rings. The van der Waals surface area contributed by atoms with Crippen LogP contribution in [0.2, 0.25) is 0 Å². The molecule has 12 nitrogen and oxygen atoms in total. The first-order valence-electron chi connectivity index (χ1n) is 12.0. The molecule has 3 amide bonds. The van der Waals surface area contributed by atoms with Crippen LogP contribution in [0.4, 0.5) is 0 Å². The minimum absolute atomic E-state index is 0.0728. The van der Waals surface area contributed by atoms with Gasteiger partial charge in [-0.15, -0.1) is 0 Å². The summed E-state index contributed by atoms with van der Waals surface area (Å²) in [5, 5.41) is 23.8. The summed E-state index contributed by atoms with van der Waals surface area (Å²) in [6, 6.07) is 4.24. The van der Waals surface area contributed by atoms with Gasteiger partial charge >= 0.3 is 11.9 Å². The van der Waals surface area contributed by atoms with Gasteiger partial charge in [-0.25, -0.2) is 4.79 Å². The fraction of sp³-hybridized carbons (Fsp3) is 0.542. The Morgan fingerprint density at radius 1 is 1.00 bits per heavy atom. The minimum Gasteiger partial charge on any atom is -0.481 e. The molecule has 36 heavy (non-hydrogen) atoms. The van der Waals surface area contributed by atoms with E-state index in [1.54, 1.807) is 30.3 Å². The van der Waals surface area contributed by atoms with Crippen LogP contribution in [0, 0.1) is 0 Å². The first-order chi connectivity index (χ1) is 17.1. The number of unbranched alkanes of at least 4 members (excludes halogenated alkanes) is 1. The van der Waals surface area contributed by atoms with E-state index in [0.717, 1.165) is 10.5 Å². The molecule has 0 spiro atoms. The summed E-state index contributed by atoms with van der Waals surface area (Å²) in [5.74, 6) is -4.66. The Labute approximate surface area is 209 Å². The zero-order valence-electron chi connectivity index (χ0n) is 20.1. The molecule has 1 saturated heterocycles. The summed E-state index contributed by atoms with van der Waals surface area (Å²) in [6.07, 6.45) is 1.72. The van der Waals surface area contributed by atoms with Crippen LogP contribution in [0.1, 0.15) is 44.1 Å². The fourth-order valence-corrected chi connectivity index (χ4v) is 4.11. The normalized spacial score (nSPS) is 17.6. The molecule has 0 radical (unpaired) electrons. The third-order valence-corrected chi connectivity index (χ3v) is 6.04. The number of amides is 3. The maximum absolute atomic E-state index is 13.2. The van der Waals surface area contributed by atoms with Gasteiger partial charge in [0, 0.05) is 13.0 Å². The second-order valence-electron chi connectivity index (χ2n) is 8.83. The molecule has 1 aromatic carbocycles. The van der Waals surface area contributed by atoms with E-state index in [-0.39, 0.29) is 19.4 Å². The Morgan fingerprint density at radius 3 is 2.28 bits per heavy atom. The molecule has 8 N–H and O–H groups in total. The lowest BCUT2D eigenvalue weighted by Crippen LogP contribution is -2.58. The zero-order chi connectivity index (χ0) is 26.7. The van der Waals surface area contributed by atoms with Crippen molar-refractivity contribution in [2.75, 3.05) is 13.1 Å². The second-order valence-corrected chi connectivity index (χ2v) is 8.83. The number of nitrogens with two attached hydrogens (primary N) is 2. The Bertz CT molecular complexity index is 927. The highest BCUT2D eigenvalue weighted by molar-refractivity contribution is 5.96. The third-order valence-electron chi connectivity index (χ3n) is 6.04. The number of carboxylic acids is 2. The monoisotopic (exact) mass is 505 g/mol. The first kappa shape index (κ1) is 28.7. The van der Waals surface area contributed by atoms with Crippen molar-refractivity contribution >= 4 is 29.7 Å². The third kappa shape index (κ3) is 8.61. The van der Waals surface area contributed by atoms with E-state index in [1.165, 1.54) is 0 Å². The van der Waals surface area contributed by atoms with Crippen molar-refractivity contribution in [1.29, 1.82) is 0 Å². The maximum atomic E-state index is 13.2. The van der Waals surface area contributed by atoms with Crippen molar-refractivity contribution in [3.8, 4) is 0 Å². The van der Waals surface area contributed by atoms with Gasteiger partial charge < -0.3 is 37.2 Å². The lowest BCUT2D eigenvalue weighted by Gasteiger charge is -2.28. The predicted molar refractivity (Wildman–Crippen MR) is 130 cm³/mol. The van der Waals surface area contributed by atoms with Crippen LogP contribution < -0.4 is 22.1 Å². The highest BCUT2D eigenvalue weighted by Crippen LogP contribution is 2.19. The van der Waals surface area contributed by atoms with E-state index in [0.29, 0.717) is 32.2 Å². The average Bonchev–Trinajstić information content (AvgIpc) is 3.33. The highest BCUT2D eigenvalue weighted by Gasteiger charge is 2.39. The van der Waals surface area contributed by atoms with Crippen molar-refractivity contribution in [1.82, 2.24) is 15.5 Å². The minimum atomic E-state index is -1.50. The van der Waals surface area contributed by atoms with Crippen LogP contribution in [-0.4, -0.2) is 82.0 Å². The number of hydrogen-bond acceptors (Lipinski definition) is 7. The van der Waals surface area contributed by atoms with Gasteiger partial charge in [-0.2, -0.15) is 0 Å². The topological polar surface area (TPSA) is 205 Å². The zero-order valence-corrected chi connectivity index (χ0v) is 20.1. The summed E-state index contributed by atoms with van der Waals surface area (Å²) in [7, 11) is 0. The van der Waals surface area contributed by atoms with Gasteiger partial charge in [0.1, 0.15) is 18.1 Å². The van der Waals surface area contributed by atoms with E-state index in [4.69, 9.17) is 11.5 Å². The standard InChI is InChI=1S/C24H35N5O7/c25-11-5-4-9-16(26)21(32)27-17(13-15-7-2-1-3-8-15)22(33)28-18(14-20(30)31)23(34)29-12-6-10-19(29)24(35)36/h1-3,7-8,16-19H,4-6,9-14,25-26H2,(H,27,32)(H,28,33)(H,30,31)(H,35,36). The summed E-state index contributed by atoms with van der Waals surface area (Å²) in [4.78, 5) is 63.0. The molecule has 1 aliphatic heterocycles. The lowest BCUT2D eigenvalue weighted by molar-refractivity contribution is -0.150. The van der Waals surface area contributed by atoms with Crippen LogP contribution in [0.3, 0.4) is 0 Å². The first-order valence-corrected chi connectivity index (χ1v) is 12.0. The molecule has 4 atom stereocenters. The van der Waals surface area contributed by atoms with Gasteiger partial charge in [-0.1, -0.05) is 36.8 Å². The van der Waals surface area contributed by atoms with E-state index < -0.39 is 60.2 Å². The largest absolute Gasteiger partial charge is 0.481 e. The molecule has 0 bridgehead atoms. The van der Waals surface area contributed by atoms with Crippen molar-refractivity contribution in [3.05, 3.63) is 35.9 Å². The number of carboxylic acid groups (broad SMARTS) is 2. The molecule has 4 unspecified atom stereocenters. The average molecular weight is 506 g/mol. The van der Waals surface area contributed by atoms with E-state index >= 15 is 0 Å². The van der Waals surface area contributed by atoms with Gasteiger partial charge in [0.25, 0.3) is 0 Å². The Hall–Kier alpha value is -3.51. The van der Waals surface area contributed by atoms with Gasteiger partial charge in [-0.05, 0) is 37.8 Å². The molecule has 0 aliphatic carbocycles. The van der Waals surface area contributed by atoms with Crippen molar-refractivity contribution in [2.45, 2.75) is 69.1 Å². The van der Waals surface area contributed by atoms with Crippen LogP contribution >= 0.6 is 0 Å². The number of likely N-dealkylation sites (tertiary alicyclic amines) is 1. The number of hydrogen-bond donors (Lipinski definition) is 6. The van der Waals surface area contributed by atoms with Gasteiger partial charge in [0.05, 0.1) is 12.5 Å². The SMILES string of the molecule is NCCCCC(N)C(=O)NC(Cc1ccccc1)C(=O)NC(CC(=O)O)C(=O)N1CCCC1C(=O)O. The number of nitrogens with one attached hydrogen (secondary N) is 2. The number of carbonyl (C=O) groups is 5. The van der Waals surface area contributed by atoms with Crippen LogP contribution in [0.25, 0.3) is 0 Å². The van der Waals surface area contributed by atoms with Gasteiger partial charge in [0.2, 0.25) is 17.7 Å². The molecule has 0 aromatic heterocycles. The van der Waals surface area contributed by atoms with Crippen molar-refractivity contribution in [2.24, 2.45) is 11.5 Å². The van der Waals surface area contributed by atoms with Gasteiger partial charge in [-0.3, -0.25) is 19.2 Å². The Balaban J connectivity index is 2.20. The van der Waals surface area contributed by atoms with Crippen molar-refractivity contribution in [3.63, 3.8) is 0 Å². The van der Waals surface area contributed by atoms with Crippen molar-refractivity contribution < 1.29 is 34.2 Å². The molecular formula is C24H35N5O7. The fourth-order valence-electron chi connectivity index (χ4n) is 4.11. The number of aliphatic carboxylic acids is 2. The van der Waals surface area contributed by atoms with Crippen LogP contribution in [-0.2, 0) is 30.4 Å². The highest BCUT2D eigenvalue weighted by atomic mass is 16.4. The lowest BCUT2D eigenvalue weighted by atomic mass is 10.0.